The lowest BCUT2D eigenvalue weighted by molar-refractivity contribution is 0.0744. The number of amides is 1. The maximum absolute atomic E-state index is 13.9. The fourth-order valence-corrected chi connectivity index (χ4v) is 3.43. The summed E-state index contributed by atoms with van der Waals surface area (Å²) in [6.45, 7) is 2.08. The second kappa shape index (κ2) is 6.67. The van der Waals surface area contributed by atoms with Crippen LogP contribution in [0, 0.1) is 5.82 Å². The normalized spacial score (nSPS) is 14.7. The van der Waals surface area contributed by atoms with Crippen LogP contribution in [0.4, 0.5) is 10.1 Å². The summed E-state index contributed by atoms with van der Waals surface area (Å²) < 4.78 is 13.9. The van der Waals surface area contributed by atoms with E-state index in [-0.39, 0.29) is 17.5 Å². The summed E-state index contributed by atoms with van der Waals surface area (Å²) in [5, 5.41) is 12.1. The molecule has 0 saturated carbocycles. The smallest absolute Gasteiger partial charge is 0.257 e. The first-order valence-corrected chi connectivity index (χ1v) is 8.64. The van der Waals surface area contributed by atoms with Gasteiger partial charge in [0.15, 0.2) is 0 Å². The van der Waals surface area contributed by atoms with E-state index in [0.29, 0.717) is 37.4 Å². The lowest BCUT2D eigenvalue weighted by Gasteiger charge is -2.36. The molecule has 26 heavy (non-hydrogen) atoms. The van der Waals surface area contributed by atoms with Crippen molar-refractivity contribution in [3.05, 3.63) is 72.0 Å². The molecule has 0 atom stereocenters. The van der Waals surface area contributed by atoms with E-state index >= 15 is 0 Å². The van der Waals surface area contributed by atoms with Gasteiger partial charge in [-0.3, -0.25) is 4.79 Å². The van der Waals surface area contributed by atoms with Crippen LogP contribution in [0.25, 0.3) is 10.8 Å². The molecule has 1 aliphatic heterocycles. The van der Waals surface area contributed by atoms with Crippen LogP contribution in [0.3, 0.4) is 0 Å². The van der Waals surface area contributed by atoms with Crippen LogP contribution in [0.15, 0.2) is 60.7 Å². The molecule has 1 heterocycles. The van der Waals surface area contributed by atoms with E-state index in [1.807, 2.05) is 35.2 Å². The number of anilines is 1. The van der Waals surface area contributed by atoms with Crippen LogP contribution >= 0.6 is 0 Å². The minimum absolute atomic E-state index is 0.00904. The number of carbonyl (C=O) groups excluding carboxylic acids is 1. The summed E-state index contributed by atoms with van der Waals surface area (Å²) in [4.78, 5) is 16.5. The van der Waals surface area contributed by atoms with Crippen molar-refractivity contribution in [1.29, 1.82) is 0 Å². The number of halogens is 1. The number of piperazine rings is 1. The fourth-order valence-electron chi connectivity index (χ4n) is 3.43. The van der Waals surface area contributed by atoms with Crippen LogP contribution in [0.2, 0.25) is 0 Å². The second-order valence-corrected chi connectivity index (χ2v) is 6.45. The van der Waals surface area contributed by atoms with E-state index in [1.165, 1.54) is 6.07 Å². The average Bonchev–Trinajstić information content (AvgIpc) is 2.67. The molecule has 5 heteroatoms. The number of phenols is 1. The van der Waals surface area contributed by atoms with Gasteiger partial charge in [-0.05, 0) is 35.0 Å². The Labute approximate surface area is 151 Å². The summed E-state index contributed by atoms with van der Waals surface area (Å²) >= 11 is 0. The number of phenolic OH excluding ortho intramolecular Hbond substituents is 1. The lowest BCUT2D eigenvalue weighted by Crippen LogP contribution is -2.49. The van der Waals surface area contributed by atoms with Gasteiger partial charge < -0.3 is 14.9 Å². The third-order valence-electron chi connectivity index (χ3n) is 4.85. The molecule has 1 N–H and O–H groups in total. The van der Waals surface area contributed by atoms with E-state index in [4.69, 9.17) is 0 Å². The number of hydrogen-bond acceptors (Lipinski definition) is 3. The predicted molar refractivity (Wildman–Crippen MR) is 100 cm³/mol. The van der Waals surface area contributed by atoms with Crippen molar-refractivity contribution in [1.82, 2.24) is 4.90 Å². The summed E-state index contributed by atoms with van der Waals surface area (Å²) in [7, 11) is 0. The Morgan fingerprint density at radius 3 is 2.19 bits per heavy atom. The molecule has 1 amide bonds. The standard InChI is InChI=1S/C21H19FN2O2/c22-18-7-3-4-8-19(18)23-9-11-24(12-10-23)21(26)17-13-15-5-1-2-6-16(15)14-20(17)25/h1-8,13-14,25H,9-12H2. The first-order valence-electron chi connectivity index (χ1n) is 8.64. The van der Waals surface area contributed by atoms with Gasteiger partial charge in [-0.1, -0.05) is 36.4 Å². The molecular formula is C21H19FN2O2. The Kier molecular flexibility index (Phi) is 4.21. The van der Waals surface area contributed by atoms with Gasteiger partial charge in [0, 0.05) is 26.2 Å². The molecule has 0 bridgehead atoms. The molecule has 0 aliphatic carbocycles. The number of rotatable bonds is 2. The summed E-state index contributed by atoms with van der Waals surface area (Å²) in [5.41, 5.74) is 0.871. The number of aromatic hydroxyl groups is 1. The number of hydrogen-bond donors (Lipinski definition) is 1. The van der Waals surface area contributed by atoms with Gasteiger partial charge in [0.25, 0.3) is 5.91 Å². The van der Waals surface area contributed by atoms with Crippen LogP contribution in [-0.2, 0) is 0 Å². The van der Waals surface area contributed by atoms with Gasteiger partial charge in [-0.25, -0.2) is 4.39 Å². The van der Waals surface area contributed by atoms with E-state index < -0.39 is 0 Å². The van der Waals surface area contributed by atoms with Crippen molar-refractivity contribution in [2.24, 2.45) is 0 Å². The van der Waals surface area contributed by atoms with Crippen LogP contribution in [-0.4, -0.2) is 42.1 Å². The molecule has 132 valence electrons. The van der Waals surface area contributed by atoms with Gasteiger partial charge in [0.2, 0.25) is 0 Å². The maximum Gasteiger partial charge on any atom is 0.257 e. The number of benzene rings is 3. The molecule has 0 aromatic heterocycles. The fraction of sp³-hybridized carbons (Fsp3) is 0.190. The first kappa shape index (κ1) is 16.4. The minimum Gasteiger partial charge on any atom is -0.507 e. The van der Waals surface area contributed by atoms with Gasteiger partial charge >= 0.3 is 0 Å². The number of fused-ring (bicyclic) bond motifs is 1. The highest BCUT2D eigenvalue weighted by molar-refractivity contribution is 6.01. The monoisotopic (exact) mass is 350 g/mol. The number of nitrogens with zero attached hydrogens (tertiary/aromatic N) is 2. The van der Waals surface area contributed by atoms with Crippen molar-refractivity contribution in [3.63, 3.8) is 0 Å². The number of para-hydroxylation sites is 1. The first-order chi connectivity index (χ1) is 12.6. The zero-order valence-electron chi connectivity index (χ0n) is 14.2. The lowest BCUT2D eigenvalue weighted by atomic mass is 10.0. The Morgan fingerprint density at radius 1 is 0.885 bits per heavy atom. The maximum atomic E-state index is 13.9. The van der Waals surface area contributed by atoms with E-state index in [9.17, 15) is 14.3 Å². The average molecular weight is 350 g/mol. The molecule has 1 saturated heterocycles. The molecule has 0 radical (unpaired) electrons. The predicted octanol–water partition coefficient (Wildman–Crippen LogP) is 3.65. The molecule has 1 fully saturated rings. The second-order valence-electron chi connectivity index (χ2n) is 6.45. The molecule has 0 spiro atoms. The topological polar surface area (TPSA) is 43.8 Å². The van der Waals surface area contributed by atoms with Crippen LogP contribution < -0.4 is 4.90 Å². The van der Waals surface area contributed by atoms with Gasteiger partial charge in [-0.2, -0.15) is 0 Å². The molecule has 4 rings (SSSR count). The van der Waals surface area contributed by atoms with Gasteiger partial charge in [0.1, 0.15) is 11.6 Å². The van der Waals surface area contributed by atoms with Crippen molar-refractivity contribution in [2.75, 3.05) is 31.1 Å². The Hall–Kier alpha value is -3.08. The highest BCUT2D eigenvalue weighted by Crippen LogP contribution is 2.27. The zero-order valence-corrected chi connectivity index (χ0v) is 14.2. The largest absolute Gasteiger partial charge is 0.507 e. The third-order valence-corrected chi connectivity index (χ3v) is 4.85. The summed E-state index contributed by atoms with van der Waals surface area (Å²) in [6, 6.07) is 17.6. The number of carbonyl (C=O) groups is 1. The summed E-state index contributed by atoms with van der Waals surface area (Å²) in [6.07, 6.45) is 0. The quantitative estimate of drug-likeness (QED) is 0.767. The van der Waals surface area contributed by atoms with Gasteiger partial charge in [0.05, 0.1) is 11.3 Å². The summed E-state index contributed by atoms with van der Waals surface area (Å²) in [5.74, 6) is -0.453. The molecule has 4 nitrogen and oxygen atoms in total. The van der Waals surface area contributed by atoms with Crippen molar-refractivity contribution >= 4 is 22.4 Å². The highest BCUT2D eigenvalue weighted by Gasteiger charge is 2.25. The Morgan fingerprint density at radius 2 is 1.50 bits per heavy atom. The Balaban J connectivity index is 1.52. The molecule has 3 aromatic rings. The zero-order chi connectivity index (χ0) is 18.1. The minimum atomic E-state index is -0.251. The SMILES string of the molecule is O=C(c1cc2ccccc2cc1O)N1CCN(c2ccccc2F)CC1. The molecular weight excluding hydrogens is 331 g/mol. The van der Waals surface area contributed by atoms with E-state index in [1.54, 1.807) is 29.2 Å². The van der Waals surface area contributed by atoms with Crippen molar-refractivity contribution in [2.45, 2.75) is 0 Å². The van der Waals surface area contributed by atoms with Crippen molar-refractivity contribution < 1.29 is 14.3 Å². The van der Waals surface area contributed by atoms with E-state index in [2.05, 4.69) is 0 Å². The van der Waals surface area contributed by atoms with Crippen LogP contribution in [0.1, 0.15) is 10.4 Å². The molecule has 3 aromatic carbocycles. The third kappa shape index (κ3) is 2.96. The molecule has 1 aliphatic rings. The highest BCUT2D eigenvalue weighted by atomic mass is 19.1. The van der Waals surface area contributed by atoms with E-state index in [0.717, 1.165) is 10.8 Å². The van der Waals surface area contributed by atoms with Crippen molar-refractivity contribution in [3.8, 4) is 5.75 Å². The van der Waals surface area contributed by atoms with Gasteiger partial charge in [-0.15, -0.1) is 0 Å². The van der Waals surface area contributed by atoms with Crippen LogP contribution in [0.5, 0.6) is 5.75 Å². The Bertz CT molecular complexity index is 965. The molecule has 0 unspecified atom stereocenters.